The molecule has 0 saturated heterocycles. The molecule has 0 spiro atoms. The molecule has 1 aromatic heterocycles. The van der Waals surface area contributed by atoms with Crippen LogP contribution in [0.2, 0.25) is 0 Å². The van der Waals surface area contributed by atoms with E-state index in [4.69, 9.17) is 9.84 Å². The van der Waals surface area contributed by atoms with Crippen LogP contribution < -0.4 is 0 Å². The van der Waals surface area contributed by atoms with Crippen LogP contribution in [0.25, 0.3) is 6.08 Å². The predicted octanol–water partition coefficient (Wildman–Crippen LogP) is 4.84. The van der Waals surface area contributed by atoms with Crippen molar-refractivity contribution in [2.24, 2.45) is 0 Å². The Labute approximate surface area is 187 Å². The lowest BCUT2D eigenvalue weighted by atomic mass is 10.1. The van der Waals surface area contributed by atoms with Crippen LogP contribution in [0.3, 0.4) is 0 Å². The first kappa shape index (κ1) is 23.9. The second-order valence-corrected chi connectivity index (χ2v) is 7.26. The van der Waals surface area contributed by atoms with Gasteiger partial charge in [0.05, 0.1) is 18.7 Å². The number of carboxylic acid groups (broad SMARTS) is 1. The number of aromatic nitrogens is 2. The second-order valence-electron chi connectivity index (χ2n) is 7.26. The average molecular weight is 458 g/mol. The maximum absolute atomic E-state index is 12.7. The molecule has 0 bridgehead atoms. The maximum atomic E-state index is 12.7. The number of hydrogen-bond acceptors (Lipinski definition) is 4. The van der Waals surface area contributed by atoms with Crippen molar-refractivity contribution in [1.82, 2.24) is 9.78 Å². The van der Waals surface area contributed by atoms with Gasteiger partial charge in [-0.15, -0.1) is 0 Å². The van der Waals surface area contributed by atoms with Crippen LogP contribution in [0, 0.1) is 0 Å². The lowest BCUT2D eigenvalue weighted by molar-refractivity contribution is -0.149. The zero-order valence-electron chi connectivity index (χ0n) is 17.6. The van der Waals surface area contributed by atoms with Crippen LogP contribution in [0.1, 0.15) is 39.7 Å². The number of aliphatic carboxylic acids is 1. The van der Waals surface area contributed by atoms with Crippen LogP contribution in [0.4, 0.5) is 13.2 Å². The highest BCUT2D eigenvalue weighted by atomic mass is 19.4. The molecule has 6 nitrogen and oxygen atoms in total. The zero-order valence-corrected chi connectivity index (χ0v) is 17.6. The lowest BCUT2D eigenvalue weighted by Crippen LogP contribution is -2.19. The van der Waals surface area contributed by atoms with Crippen LogP contribution in [0.15, 0.2) is 66.9 Å². The first-order valence-electron chi connectivity index (χ1n) is 9.99. The van der Waals surface area contributed by atoms with Gasteiger partial charge >= 0.3 is 12.1 Å². The molecule has 0 aliphatic carbocycles. The van der Waals surface area contributed by atoms with Crippen LogP contribution in [0.5, 0.6) is 0 Å². The molecular weight excluding hydrogens is 437 g/mol. The van der Waals surface area contributed by atoms with Crippen LogP contribution in [-0.2, 0) is 28.9 Å². The van der Waals surface area contributed by atoms with Crippen molar-refractivity contribution in [2.75, 3.05) is 0 Å². The van der Waals surface area contributed by atoms with Gasteiger partial charge in [0.2, 0.25) is 5.78 Å². The van der Waals surface area contributed by atoms with Crippen LogP contribution >= 0.6 is 0 Å². The molecule has 3 aromatic rings. The van der Waals surface area contributed by atoms with Gasteiger partial charge in [-0.2, -0.15) is 18.3 Å². The number of hydrogen-bond donors (Lipinski definition) is 1. The van der Waals surface area contributed by atoms with E-state index >= 15 is 0 Å². The van der Waals surface area contributed by atoms with E-state index in [0.29, 0.717) is 6.54 Å². The molecule has 0 unspecified atom stereocenters. The summed E-state index contributed by atoms with van der Waals surface area (Å²) in [6.45, 7) is 2.05. The minimum atomic E-state index is -4.46. The van der Waals surface area contributed by atoms with E-state index in [-0.39, 0.29) is 17.9 Å². The third kappa shape index (κ3) is 6.63. The number of rotatable bonds is 9. The smallest absolute Gasteiger partial charge is 0.416 e. The molecular formula is C24H21F3N2O4. The fourth-order valence-corrected chi connectivity index (χ4v) is 2.86. The number of carbonyl (C=O) groups is 2. The molecule has 1 heterocycles. The van der Waals surface area contributed by atoms with E-state index in [1.165, 1.54) is 13.0 Å². The molecule has 0 saturated carbocycles. The van der Waals surface area contributed by atoms with Gasteiger partial charge in [0.25, 0.3) is 0 Å². The molecule has 1 N–H and O–H groups in total. The minimum absolute atomic E-state index is 0.130. The van der Waals surface area contributed by atoms with Gasteiger partial charge in [-0.1, -0.05) is 48.6 Å². The Hall–Kier alpha value is -3.72. The highest BCUT2D eigenvalue weighted by Crippen LogP contribution is 2.29. The van der Waals surface area contributed by atoms with E-state index in [1.54, 1.807) is 10.9 Å². The third-order valence-electron chi connectivity index (χ3n) is 4.78. The van der Waals surface area contributed by atoms with E-state index in [2.05, 4.69) is 5.10 Å². The standard InChI is InChI=1S/C24H21F3N2O4/c1-16(23(31)32)33-15-18-6-4-17(5-7-18)3-2-13-29-14-12-21(28-29)22(30)19-8-10-20(11-9-19)24(25,26)27/h2-12,14,16H,13,15H2,1H3,(H,31,32)/b3-2+/t16-/m1/s1. The summed E-state index contributed by atoms with van der Waals surface area (Å²) in [6, 6.07) is 12.9. The largest absolute Gasteiger partial charge is 0.479 e. The van der Waals surface area contributed by atoms with Crippen molar-refractivity contribution >= 4 is 17.8 Å². The molecule has 0 fully saturated rings. The van der Waals surface area contributed by atoms with Gasteiger partial charge in [0.1, 0.15) is 5.69 Å². The molecule has 2 aromatic carbocycles. The quantitative estimate of drug-likeness (QED) is 0.465. The Bertz CT molecular complexity index is 1130. The Kier molecular flexibility index (Phi) is 7.44. The SMILES string of the molecule is C[C@@H](OCc1ccc(/C=C/Cn2ccc(C(=O)c3ccc(C(F)(F)F)cc3)n2)cc1)C(=O)O. The van der Waals surface area contributed by atoms with E-state index in [0.717, 1.165) is 35.4 Å². The summed E-state index contributed by atoms with van der Waals surface area (Å²) in [5, 5.41) is 13.0. The number of ketones is 1. The molecule has 1 atom stereocenters. The van der Waals surface area contributed by atoms with Crippen molar-refractivity contribution < 1.29 is 32.6 Å². The molecule has 0 aliphatic rings. The van der Waals surface area contributed by atoms with Crippen molar-refractivity contribution in [1.29, 1.82) is 0 Å². The number of alkyl halides is 3. The van der Waals surface area contributed by atoms with Gasteiger partial charge < -0.3 is 9.84 Å². The van der Waals surface area contributed by atoms with E-state index in [1.807, 2.05) is 36.4 Å². The zero-order chi connectivity index (χ0) is 24.0. The summed E-state index contributed by atoms with van der Waals surface area (Å²) < 4.78 is 44.8. The number of halogens is 3. The average Bonchev–Trinajstić information content (AvgIpc) is 3.26. The Morgan fingerprint density at radius 2 is 1.76 bits per heavy atom. The summed E-state index contributed by atoms with van der Waals surface area (Å²) in [5.41, 5.74) is 1.22. The van der Waals surface area contributed by atoms with Gasteiger partial charge in [-0.3, -0.25) is 9.48 Å². The fraction of sp³-hybridized carbons (Fsp3) is 0.208. The number of nitrogens with zero attached hydrogens (tertiary/aromatic N) is 2. The summed E-state index contributed by atoms with van der Waals surface area (Å²) in [7, 11) is 0. The topological polar surface area (TPSA) is 81.4 Å². The summed E-state index contributed by atoms with van der Waals surface area (Å²) in [6.07, 6.45) is -0.00974. The normalized spacial score (nSPS) is 12.7. The summed E-state index contributed by atoms with van der Waals surface area (Å²) in [4.78, 5) is 23.2. The number of ether oxygens (including phenoxy) is 1. The highest BCUT2D eigenvalue weighted by Gasteiger charge is 2.30. The Balaban J connectivity index is 1.55. The summed E-state index contributed by atoms with van der Waals surface area (Å²) >= 11 is 0. The van der Waals surface area contributed by atoms with Gasteiger partial charge in [0.15, 0.2) is 6.10 Å². The Morgan fingerprint density at radius 3 is 2.36 bits per heavy atom. The third-order valence-corrected chi connectivity index (χ3v) is 4.78. The summed E-state index contributed by atoms with van der Waals surface area (Å²) in [5.74, 6) is -1.47. The predicted molar refractivity (Wildman–Crippen MR) is 114 cm³/mol. The second kappa shape index (κ2) is 10.3. The number of carbonyl (C=O) groups excluding carboxylic acids is 1. The first-order valence-corrected chi connectivity index (χ1v) is 9.99. The van der Waals surface area contributed by atoms with E-state index in [9.17, 15) is 22.8 Å². The van der Waals surface area contributed by atoms with Crippen LogP contribution in [-0.4, -0.2) is 32.7 Å². The van der Waals surface area contributed by atoms with Gasteiger partial charge in [-0.05, 0) is 36.2 Å². The van der Waals surface area contributed by atoms with Gasteiger partial charge in [-0.25, -0.2) is 4.79 Å². The van der Waals surface area contributed by atoms with Crippen molar-refractivity contribution in [3.05, 3.63) is 94.8 Å². The van der Waals surface area contributed by atoms with Gasteiger partial charge in [0, 0.05) is 11.8 Å². The van der Waals surface area contributed by atoms with Crippen molar-refractivity contribution in [2.45, 2.75) is 32.4 Å². The Morgan fingerprint density at radius 1 is 1.09 bits per heavy atom. The van der Waals surface area contributed by atoms with E-state index < -0.39 is 29.6 Å². The maximum Gasteiger partial charge on any atom is 0.416 e. The number of carboxylic acids is 1. The molecule has 0 aliphatic heterocycles. The number of benzene rings is 2. The first-order chi connectivity index (χ1) is 15.6. The molecule has 3 rings (SSSR count). The monoisotopic (exact) mass is 458 g/mol. The lowest BCUT2D eigenvalue weighted by Gasteiger charge is -2.08. The molecule has 0 radical (unpaired) electrons. The molecule has 172 valence electrons. The molecule has 9 heteroatoms. The van der Waals surface area contributed by atoms with Crippen molar-refractivity contribution in [3.63, 3.8) is 0 Å². The fourth-order valence-electron chi connectivity index (χ4n) is 2.86. The van der Waals surface area contributed by atoms with Crippen molar-refractivity contribution in [3.8, 4) is 0 Å². The minimum Gasteiger partial charge on any atom is -0.479 e. The number of allylic oxidation sites excluding steroid dienone is 1. The molecule has 33 heavy (non-hydrogen) atoms. The highest BCUT2D eigenvalue weighted by molar-refractivity contribution is 6.07. The molecule has 0 amide bonds.